The van der Waals surface area contributed by atoms with Gasteiger partial charge in [-0.15, -0.1) is 0 Å². The molecule has 1 N–H and O–H groups in total. The van der Waals surface area contributed by atoms with E-state index in [1.807, 2.05) is 0 Å². The lowest BCUT2D eigenvalue weighted by molar-refractivity contribution is 0.146. The summed E-state index contributed by atoms with van der Waals surface area (Å²) in [4.78, 5) is 2.82. The molecule has 5 aliphatic rings. The number of likely N-dealkylation sites (tertiary alicyclic amines) is 1. The molecule has 25 heavy (non-hydrogen) atoms. The van der Waals surface area contributed by atoms with Gasteiger partial charge in [0.05, 0.1) is 0 Å². The van der Waals surface area contributed by atoms with Crippen molar-refractivity contribution in [2.24, 2.45) is 23.2 Å². The quantitative estimate of drug-likeness (QED) is 0.850. The summed E-state index contributed by atoms with van der Waals surface area (Å²) in [6.45, 7) is 7.42. The first-order chi connectivity index (χ1) is 12.2. The van der Waals surface area contributed by atoms with Crippen LogP contribution in [0, 0.1) is 30.1 Å². The first kappa shape index (κ1) is 15.1. The predicted octanol–water partition coefficient (Wildman–Crippen LogP) is 4.58. The van der Waals surface area contributed by atoms with Crippen molar-refractivity contribution in [1.82, 2.24) is 4.90 Å². The maximum Gasteiger partial charge on any atom is 0.0379 e. The summed E-state index contributed by atoms with van der Waals surface area (Å²) in [7, 11) is 0. The second-order valence-corrected chi connectivity index (χ2v) is 10.2. The molecule has 1 aromatic carbocycles. The lowest BCUT2D eigenvalue weighted by Gasteiger charge is -2.40. The van der Waals surface area contributed by atoms with Crippen LogP contribution in [0.4, 0.5) is 5.69 Å². The van der Waals surface area contributed by atoms with E-state index in [4.69, 9.17) is 0 Å². The van der Waals surface area contributed by atoms with Gasteiger partial charge in [-0.3, -0.25) is 0 Å². The van der Waals surface area contributed by atoms with Crippen molar-refractivity contribution in [3.63, 3.8) is 0 Å². The summed E-state index contributed by atoms with van der Waals surface area (Å²) in [6, 6.07) is 7.01. The Balaban J connectivity index is 1.12. The zero-order valence-electron chi connectivity index (χ0n) is 15.7. The summed E-state index contributed by atoms with van der Waals surface area (Å²) >= 11 is 0. The van der Waals surface area contributed by atoms with Gasteiger partial charge in [0.25, 0.3) is 0 Å². The summed E-state index contributed by atoms with van der Waals surface area (Å²) in [5, 5.41) is 3.69. The fourth-order valence-corrected chi connectivity index (χ4v) is 7.50. The Morgan fingerprint density at radius 1 is 1.12 bits per heavy atom. The van der Waals surface area contributed by atoms with Gasteiger partial charge in [-0.05, 0) is 99.8 Å². The maximum absolute atomic E-state index is 3.69. The summed E-state index contributed by atoms with van der Waals surface area (Å²) < 4.78 is 0. The van der Waals surface area contributed by atoms with Gasteiger partial charge in [-0.2, -0.15) is 0 Å². The molecule has 3 aliphatic carbocycles. The molecule has 0 radical (unpaired) electrons. The molecule has 0 aromatic heterocycles. The van der Waals surface area contributed by atoms with E-state index in [1.165, 1.54) is 43.7 Å². The number of hydrogen-bond donors (Lipinski definition) is 1. The highest BCUT2D eigenvalue weighted by molar-refractivity contribution is 5.61. The molecule has 6 rings (SSSR count). The van der Waals surface area contributed by atoms with E-state index in [1.54, 1.807) is 37.7 Å². The number of fused-ring (bicyclic) bond motifs is 2. The summed E-state index contributed by atoms with van der Waals surface area (Å²) in [6.07, 6.45) is 10.6. The molecule has 2 nitrogen and oxygen atoms in total. The van der Waals surface area contributed by atoms with Crippen LogP contribution in [-0.4, -0.2) is 31.1 Å². The minimum atomic E-state index is 0.421. The fourth-order valence-electron chi connectivity index (χ4n) is 7.50. The number of benzene rings is 1. The number of piperidine rings is 1. The third kappa shape index (κ3) is 2.13. The standard InChI is InChI=1S/C23H32N2/c1-16-2-5-21-20(10-16)22(15-24-21)6-8-25(9-7-22)14-17-11-18-3-4-19-13-23(18,19)12-17/h2,5,10,17-19,24H,3-4,6-9,11-15H2,1H3. The van der Waals surface area contributed by atoms with E-state index in [9.17, 15) is 0 Å². The van der Waals surface area contributed by atoms with Crippen molar-refractivity contribution in [2.45, 2.75) is 57.3 Å². The number of nitrogens with one attached hydrogen (secondary N) is 1. The van der Waals surface area contributed by atoms with Gasteiger partial charge in [0.1, 0.15) is 0 Å². The van der Waals surface area contributed by atoms with Crippen molar-refractivity contribution in [2.75, 3.05) is 31.5 Å². The molecule has 2 aliphatic heterocycles. The van der Waals surface area contributed by atoms with E-state index >= 15 is 0 Å². The maximum atomic E-state index is 3.69. The highest BCUT2D eigenvalue weighted by atomic mass is 15.1. The fraction of sp³-hybridized carbons (Fsp3) is 0.739. The van der Waals surface area contributed by atoms with Gasteiger partial charge in [0.2, 0.25) is 0 Å². The van der Waals surface area contributed by atoms with Crippen LogP contribution < -0.4 is 5.32 Å². The molecule has 4 fully saturated rings. The molecular formula is C23H32N2. The molecule has 4 unspecified atom stereocenters. The monoisotopic (exact) mass is 336 g/mol. The first-order valence-corrected chi connectivity index (χ1v) is 10.7. The van der Waals surface area contributed by atoms with E-state index in [0.717, 1.165) is 29.7 Å². The van der Waals surface area contributed by atoms with Gasteiger partial charge >= 0.3 is 0 Å². The van der Waals surface area contributed by atoms with Crippen molar-refractivity contribution in [3.05, 3.63) is 29.3 Å². The topological polar surface area (TPSA) is 15.3 Å². The van der Waals surface area contributed by atoms with E-state index < -0.39 is 0 Å². The largest absolute Gasteiger partial charge is 0.384 e. The van der Waals surface area contributed by atoms with Crippen molar-refractivity contribution in [1.29, 1.82) is 0 Å². The number of aryl methyl sites for hydroxylation is 1. The Morgan fingerprint density at radius 2 is 1.96 bits per heavy atom. The Kier molecular flexibility index (Phi) is 3.03. The van der Waals surface area contributed by atoms with Crippen LogP contribution in [0.5, 0.6) is 0 Å². The molecule has 2 heteroatoms. The minimum absolute atomic E-state index is 0.421. The number of anilines is 1. The lowest BCUT2D eigenvalue weighted by atomic mass is 9.74. The van der Waals surface area contributed by atoms with Crippen LogP contribution in [0.25, 0.3) is 0 Å². The SMILES string of the molecule is Cc1ccc2c(c1)C1(CCN(CC3CC4CCC5CC45C3)CC1)CN2. The Morgan fingerprint density at radius 3 is 2.76 bits per heavy atom. The van der Waals surface area contributed by atoms with Crippen molar-refractivity contribution >= 4 is 5.69 Å². The Bertz CT molecular complexity index is 702. The molecular weight excluding hydrogens is 304 g/mol. The predicted molar refractivity (Wildman–Crippen MR) is 103 cm³/mol. The van der Waals surface area contributed by atoms with Gasteiger partial charge in [0, 0.05) is 24.2 Å². The van der Waals surface area contributed by atoms with Crippen LogP contribution in [0.1, 0.15) is 56.1 Å². The van der Waals surface area contributed by atoms with Crippen molar-refractivity contribution < 1.29 is 0 Å². The average Bonchev–Trinajstić information content (AvgIpc) is 2.88. The highest BCUT2D eigenvalue weighted by Gasteiger charge is 2.65. The average molecular weight is 337 g/mol. The highest BCUT2D eigenvalue weighted by Crippen LogP contribution is 2.74. The molecule has 2 heterocycles. The van der Waals surface area contributed by atoms with Crippen LogP contribution in [0.2, 0.25) is 0 Å². The van der Waals surface area contributed by atoms with Crippen LogP contribution in [0.3, 0.4) is 0 Å². The smallest absolute Gasteiger partial charge is 0.0379 e. The third-order valence-electron chi connectivity index (χ3n) is 8.94. The summed E-state index contributed by atoms with van der Waals surface area (Å²) in [5.41, 5.74) is 5.72. The van der Waals surface area contributed by atoms with Gasteiger partial charge in [-0.25, -0.2) is 0 Å². The minimum Gasteiger partial charge on any atom is -0.384 e. The molecule has 3 saturated carbocycles. The van der Waals surface area contributed by atoms with Gasteiger partial charge in [-0.1, -0.05) is 17.7 Å². The van der Waals surface area contributed by atoms with E-state index in [0.29, 0.717) is 5.41 Å². The van der Waals surface area contributed by atoms with E-state index in [-0.39, 0.29) is 0 Å². The Hall–Kier alpha value is -1.02. The third-order valence-corrected chi connectivity index (χ3v) is 8.94. The van der Waals surface area contributed by atoms with E-state index in [2.05, 4.69) is 35.3 Å². The molecule has 1 aromatic rings. The molecule has 1 saturated heterocycles. The zero-order valence-corrected chi connectivity index (χ0v) is 15.7. The molecule has 0 amide bonds. The van der Waals surface area contributed by atoms with Gasteiger partial charge in [0.15, 0.2) is 0 Å². The molecule has 134 valence electrons. The van der Waals surface area contributed by atoms with Crippen molar-refractivity contribution in [3.8, 4) is 0 Å². The second kappa shape index (κ2) is 5.03. The van der Waals surface area contributed by atoms with Crippen LogP contribution in [0.15, 0.2) is 18.2 Å². The van der Waals surface area contributed by atoms with Crippen LogP contribution in [-0.2, 0) is 5.41 Å². The summed E-state index contributed by atoms with van der Waals surface area (Å²) in [5.74, 6) is 3.28. The normalized spacial score (nSPS) is 40.6. The number of rotatable bonds is 2. The van der Waals surface area contributed by atoms with Crippen LogP contribution >= 0.6 is 0 Å². The first-order valence-electron chi connectivity index (χ1n) is 10.7. The lowest BCUT2D eigenvalue weighted by Crippen LogP contribution is -2.45. The number of hydrogen-bond acceptors (Lipinski definition) is 2. The molecule has 0 bridgehead atoms. The zero-order chi connectivity index (χ0) is 16.6. The van der Waals surface area contributed by atoms with Gasteiger partial charge < -0.3 is 10.2 Å². The second-order valence-electron chi connectivity index (χ2n) is 10.2. The molecule has 2 spiro atoms. The Labute approximate surface area is 152 Å². The molecule has 4 atom stereocenters. The number of nitrogens with zero attached hydrogens (tertiary/aromatic N) is 1.